The van der Waals surface area contributed by atoms with Gasteiger partial charge in [0.05, 0.1) is 11.6 Å². The molecule has 3 rings (SSSR count). The molecule has 7 heteroatoms. The van der Waals surface area contributed by atoms with Crippen LogP contribution < -0.4 is 9.47 Å². The van der Waals surface area contributed by atoms with Gasteiger partial charge in [0.1, 0.15) is 11.5 Å². The van der Waals surface area contributed by atoms with E-state index < -0.39 is 0 Å². The molecule has 0 N–H and O–H groups in total. The van der Waals surface area contributed by atoms with E-state index in [1.54, 1.807) is 35.9 Å². The Labute approximate surface area is 126 Å². The van der Waals surface area contributed by atoms with Crippen LogP contribution in [0.25, 0.3) is 4.96 Å². The molecule has 0 aliphatic rings. The van der Waals surface area contributed by atoms with E-state index in [0.717, 1.165) is 10.8 Å². The molecule has 0 aliphatic carbocycles. The lowest BCUT2D eigenvalue weighted by molar-refractivity contribution is 0.111. The zero-order chi connectivity index (χ0) is 14.1. The molecule has 20 heavy (non-hydrogen) atoms. The van der Waals surface area contributed by atoms with Crippen LogP contribution in [0.5, 0.6) is 17.4 Å². The van der Waals surface area contributed by atoms with Crippen molar-refractivity contribution < 1.29 is 14.3 Å². The first-order valence-electron chi connectivity index (χ1n) is 5.65. The third kappa shape index (κ3) is 2.19. The van der Waals surface area contributed by atoms with Crippen LogP contribution in [0.3, 0.4) is 0 Å². The summed E-state index contributed by atoms with van der Waals surface area (Å²) >= 11 is 4.84. The van der Waals surface area contributed by atoms with Crippen molar-refractivity contribution in [3.8, 4) is 17.4 Å². The zero-order valence-corrected chi connectivity index (χ0v) is 12.8. The molecule has 0 unspecified atom stereocenters. The number of ether oxygens (including phenoxy) is 2. The third-order valence-electron chi connectivity index (χ3n) is 2.72. The molecule has 0 atom stereocenters. The predicted molar refractivity (Wildman–Crippen MR) is 79.2 cm³/mol. The summed E-state index contributed by atoms with van der Waals surface area (Å²) in [6, 6.07) is 5.32. The zero-order valence-electron chi connectivity index (χ0n) is 10.4. The van der Waals surface area contributed by atoms with Crippen molar-refractivity contribution in [2.75, 3.05) is 7.11 Å². The molecule has 0 fully saturated rings. The van der Waals surface area contributed by atoms with Gasteiger partial charge < -0.3 is 9.47 Å². The number of aromatic nitrogens is 2. The smallest absolute Gasteiger partial charge is 0.250 e. The number of rotatable bonds is 4. The van der Waals surface area contributed by atoms with Crippen LogP contribution >= 0.6 is 27.3 Å². The number of fused-ring (bicyclic) bond motifs is 1. The lowest BCUT2D eigenvalue weighted by Gasteiger charge is -2.07. The number of carbonyl (C=O) groups is 1. The fraction of sp³-hybridized carbons (Fsp3) is 0.0769. The summed E-state index contributed by atoms with van der Waals surface area (Å²) in [5.74, 6) is 1.57. The lowest BCUT2D eigenvalue weighted by atomic mass is 10.3. The van der Waals surface area contributed by atoms with Gasteiger partial charge in [0, 0.05) is 11.6 Å². The Kier molecular flexibility index (Phi) is 3.45. The van der Waals surface area contributed by atoms with Crippen molar-refractivity contribution in [1.82, 2.24) is 9.38 Å². The summed E-state index contributed by atoms with van der Waals surface area (Å²) in [5.41, 5.74) is 0.393. The van der Waals surface area contributed by atoms with Crippen LogP contribution in [-0.2, 0) is 0 Å². The van der Waals surface area contributed by atoms with Gasteiger partial charge in [-0.2, -0.15) is 4.98 Å². The van der Waals surface area contributed by atoms with Crippen LogP contribution in [0.4, 0.5) is 0 Å². The Hall–Kier alpha value is -1.86. The normalized spacial score (nSPS) is 10.7. The van der Waals surface area contributed by atoms with Crippen molar-refractivity contribution in [2.24, 2.45) is 0 Å². The van der Waals surface area contributed by atoms with Gasteiger partial charge in [-0.05, 0) is 34.1 Å². The maximum Gasteiger partial charge on any atom is 0.250 e. The van der Waals surface area contributed by atoms with Gasteiger partial charge in [-0.15, -0.1) is 11.3 Å². The van der Waals surface area contributed by atoms with E-state index in [1.807, 2.05) is 5.38 Å². The number of methoxy groups -OCH3 is 1. The summed E-state index contributed by atoms with van der Waals surface area (Å²) in [6.07, 6.45) is 2.52. The average Bonchev–Trinajstić information content (AvgIpc) is 3.01. The molecule has 0 saturated carbocycles. The summed E-state index contributed by atoms with van der Waals surface area (Å²) in [7, 11) is 1.59. The molecule has 3 aromatic rings. The minimum atomic E-state index is 0.290. The van der Waals surface area contributed by atoms with Crippen molar-refractivity contribution >= 4 is 38.5 Å². The van der Waals surface area contributed by atoms with Gasteiger partial charge in [-0.25, -0.2) is 0 Å². The third-order valence-corrected chi connectivity index (χ3v) is 4.10. The number of aldehydes is 1. The van der Waals surface area contributed by atoms with Crippen molar-refractivity contribution in [2.45, 2.75) is 0 Å². The van der Waals surface area contributed by atoms with Crippen molar-refractivity contribution in [1.29, 1.82) is 0 Å². The SMILES string of the molecule is COc1ccc(Oc2nc3sccn3c2C=O)c(Br)c1. The fourth-order valence-electron chi connectivity index (χ4n) is 1.76. The van der Waals surface area contributed by atoms with E-state index in [9.17, 15) is 4.79 Å². The number of thiazole rings is 1. The molecular formula is C13H9BrN2O3S. The molecule has 0 bridgehead atoms. The highest BCUT2D eigenvalue weighted by Gasteiger charge is 2.15. The Morgan fingerprint density at radius 1 is 1.45 bits per heavy atom. The second-order valence-electron chi connectivity index (χ2n) is 3.87. The van der Waals surface area contributed by atoms with E-state index in [4.69, 9.17) is 9.47 Å². The second-order valence-corrected chi connectivity index (χ2v) is 5.60. The number of nitrogens with zero attached hydrogens (tertiary/aromatic N) is 2. The van der Waals surface area contributed by atoms with Crippen LogP contribution in [0.1, 0.15) is 10.5 Å². The summed E-state index contributed by atoms with van der Waals surface area (Å²) in [6.45, 7) is 0. The summed E-state index contributed by atoms with van der Waals surface area (Å²) < 4.78 is 13.3. The first-order valence-corrected chi connectivity index (χ1v) is 7.32. The van der Waals surface area contributed by atoms with Gasteiger partial charge >= 0.3 is 0 Å². The predicted octanol–water partition coefficient (Wildman–Crippen LogP) is 3.77. The van der Waals surface area contributed by atoms with E-state index in [-0.39, 0.29) is 5.88 Å². The number of halogens is 1. The minimum absolute atomic E-state index is 0.290. The molecule has 102 valence electrons. The molecule has 2 heterocycles. The molecule has 0 radical (unpaired) electrons. The van der Waals surface area contributed by atoms with Crippen LogP contribution in [-0.4, -0.2) is 22.8 Å². The van der Waals surface area contributed by atoms with Gasteiger partial charge in [-0.1, -0.05) is 0 Å². The lowest BCUT2D eigenvalue weighted by Crippen LogP contribution is -1.93. The fourth-order valence-corrected chi connectivity index (χ4v) is 2.91. The monoisotopic (exact) mass is 352 g/mol. The quantitative estimate of drug-likeness (QED) is 0.670. The Bertz CT molecular complexity index is 781. The molecule has 2 aromatic heterocycles. The topological polar surface area (TPSA) is 52.8 Å². The van der Waals surface area contributed by atoms with Gasteiger partial charge in [0.15, 0.2) is 16.9 Å². The minimum Gasteiger partial charge on any atom is -0.497 e. The average molecular weight is 353 g/mol. The molecular weight excluding hydrogens is 344 g/mol. The van der Waals surface area contributed by atoms with Gasteiger partial charge in [0.25, 0.3) is 0 Å². The highest BCUT2D eigenvalue weighted by Crippen LogP contribution is 2.34. The van der Waals surface area contributed by atoms with Crippen LogP contribution in [0.15, 0.2) is 34.2 Å². The summed E-state index contributed by atoms with van der Waals surface area (Å²) in [4.78, 5) is 16.2. The first kappa shape index (κ1) is 13.1. The first-order chi connectivity index (χ1) is 9.72. The number of carbonyl (C=O) groups excluding carboxylic acids is 1. The Morgan fingerprint density at radius 3 is 3.00 bits per heavy atom. The van der Waals surface area contributed by atoms with Gasteiger partial charge in [-0.3, -0.25) is 9.20 Å². The van der Waals surface area contributed by atoms with E-state index >= 15 is 0 Å². The molecule has 0 amide bonds. The van der Waals surface area contributed by atoms with E-state index in [1.165, 1.54) is 11.3 Å². The molecule has 1 aromatic carbocycles. The highest BCUT2D eigenvalue weighted by molar-refractivity contribution is 9.10. The summed E-state index contributed by atoms with van der Waals surface area (Å²) in [5, 5.41) is 1.86. The van der Waals surface area contributed by atoms with Crippen molar-refractivity contribution in [3.63, 3.8) is 0 Å². The van der Waals surface area contributed by atoms with Crippen LogP contribution in [0, 0.1) is 0 Å². The van der Waals surface area contributed by atoms with E-state index in [2.05, 4.69) is 20.9 Å². The van der Waals surface area contributed by atoms with Crippen molar-refractivity contribution in [3.05, 3.63) is 39.9 Å². The molecule has 0 spiro atoms. The Balaban J connectivity index is 2.00. The second kappa shape index (κ2) is 5.26. The molecule has 0 saturated heterocycles. The van der Waals surface area contributed by atoms with Gasteiger partial charge in [0.2, 0.25) is 5.88 Å². The number of hydrogen-bond acceptors (Lipinski definition) is 5. The largest absolute Gasteiger partial charge is 0.497 e. The highest BCUT2D eigenvalue weighted by atomic mass is 79.9. The number of benzene rings is 1. The standard InChI is InChI=1S/C13H9BrN2O3S/c1-18-8-2-3-11(9(14)6-8)19-12-10(7-17)16-4-5-20-13(16)15-12/h2-7H,1H3. The molecule has 0 aliphatic heterocycles. The maximum atomic E-state index is 11.2. The maximum absolute atomic E-state index is 11.2. The van der Waals surface area contributed by atoms with Crippen LogP contribution in [0.2, 0.25) is 0 Å². The van der Waals surface area contributed by atoms with E-state index in [0.29, 0.717) is 22.2 Å². The number of imidazole rings is 1. The number of hydrogen-bond donors (Lipinski definition) is 0. The Morgan fingerprint density at radius 2 is 2.30 bits per heavy atom. The molecule has 5 nitrogen and oxygen atoms in total.